The molecule has 1 fully saturated rings. The van der Waals surface area contributed by atoms with E-state index in [1.165, 1.54) is 5.56 Å². The second-order valence-corrected chi connectivity index (χ2v) is 6.96. The number of likely N-dealkylation sites (tertiary alicyclic amines) is 1. The summed E-state index contributed by atoms with van der Waals surface area (Å²) in [5.41, 5.74) is 1.51. The molecule has 144 valence electrons. The molecular weight excluding hydrogens is 342 g/mol. The monoisotopic (exact) mass is 369 g/mol. The summed E-state index contributed by atoms with van der Waals surface area (Å²) >= 11 is 0. The molecule has 1 saturated heterocycles. The summed E-state index contributed by atoms with van der Waals surface area (Å²) in [5.74, 6) is 0.510. The topological polar surface area (TPSA) is 65.9 Å². The van der Waals surface area contributed by atoms with Gasteiger partial charge in [0, 0.05) is 38.9 Å². The minimum Gasteiger partial charge on any atom is -0.494 e. The van der Waals surface area contributed by atoms with Crippen LogP contribution in [0.4, 0.5) is 5.82 Å². The lowest BCUT2D eigenvalue weighted by atomic mass is 10.2. The number of carboxylic acids is 1. The Balaban J connectivity index is 1.59. The Bertz CT molecular complexity index is 764. The lowest BCUT2D eigenvalue weighted by Crippen LogP contribution is -2.36. The molecule has 1 aliphatic rings. The van der Waals surface area contributed by atoms with Gasteiger partial charge < -0.3 is 14.7 Å². The Morgan fingerprint density at radius 2 is 2.11 bits per heavy atom. The van der Waals surface area contributed by atoms with E-state index in [1.807, 2.05) is 24.1 Å². The molecule has 1 N–H and O–H groups in total. The molecule has 1 aromatic carbocycles. The average molecular weight is 369 g/mol. The number of aromatic carboxylic acids is 1. The van der Waals surface area contributed by atoms with Crippen LogP contribution in [0.1, 0.15) is 35.7 Å². The van der Waals surface area contributed by atoms with Gasteiger partial charge in [-0.05, 0) is 42.7 Å². The van der Waals surface area contributed by atoms with Gasteiger partial charge >= 0.3 is 5.97 Å². The number of benzene rings is 1. The zero-order valence-electron chi connectivity index (χ0n) is 16.0. The van der Waals surface area contributed by atoms with E-state index in [0.717, 1.165) is 44.8 Å². The molecule has 0 unspecified atom stereocenters. The van der Waals surface area contributed by atoms with Crippen molar-refractivity contribution < 1.29 is 14.6 Å². The number of nitrogens with zero attached hydrogens (tertiary/aromatic N) is 3. The van der Waals surface area contributed by atoms with Crippen LogP contribution in [0.5, 0.6) is 5.75 Å². The Labute approximate surface area is 160 Å². The van der Waals surface area contributed by atoms with Crippen molar-refractivity contribution >= 4 is 11.8 Å². The molecule has 0 bridgehead atoms. The summed E-state index contributed by atoms with van der Waals surface area (Å²) in [6, 6.07) is 11.8. The van der Waals surface area contributed by atoms with Crippen molar-refractivity contribution in [1.29, 1.82) is 0 Å². The smallest absolute Gasteiger partial charge is 0.339 e. The SMILES string of the molecule is CCCOc1ccc(CN2CC[C@@H](N(C)c3ncccc3C(=O)O)C2)cc1. The van der Waals surface area contributed by atoms with Crippen molar-refractivity contribution in [2.75, 3.05) is 31.6 Å². The maximum absolute atomic E-state index is 11.5. The van der Waals surface area contributed by atoms with Gasteiger partial charge in [-0.25, -0.2) is 9.78 Å². The van der Waals surface area contributed by atoms with Crippen molar-refractivity contribution in [2.45, 2.75) is 32.4 Å². The molecule has 0 aliphatic carbocycles. The molecule has 6 heteroatoms. The minimum atomic E-state index is -0.940. The number of carboxylic acid groups (broad SMARTS) is 1. The molecule has 0 spiro atoms. The summed E-state index contributed by atoms with van der Waals surface area (Å²) in [7, 11) is 1.93. The van der Waals surface area contributed by atoms with E-state index in [1.54, 1.807) is 18.3 Å². The Morgan fingerprint density at radius 1 is 1.33 bits per heavy atom. The van der Waals surface area contributed by atoms with Crippen molar-refractivity contribution in [3.63, 3.8) is 0 Å². The number of rotatable bonds is 8. The van der Waals surface area contributed by atoms with E-state index < -0.39 is 5.97 Å². The highest BCUT2D eigenvalue weighted by atomic mass is 16.5. The Kier molecular flexibility index (Phi) is 6.29. The molecule has 6 nitrogen and oxygen atoms in total. The van der Waals surface area contributed by atoms with Crippen LogP contribution in [-0.4, -0.2) is 53.7 Å². The predicted molar refractivity (Wildman–Crippen MR) is 106 cm³/mol. The zero-order chi connectivity index (χ0) is 19.2. The lowest BCUT2D eigenvalue weighted by Gasteiger charge is -2.27. The number of ether oxygens (including phenoxy) is 1. The summed E-state index contributed by atoms with van der Waals surface area (Å²) in [6.07, 6.45) is 3.64. The average Bonchev–Trinajstić information content (AvgIpc) is 3.15. The normalized spacial score (nSPS) is 17.0. The van der Waals surface area contributed by atoms with E-state index in [9.17, 15) is 9.90 Å². The third kappa shape index (κ3) is 4.77. The van der Waals surface area contributed by atoms with E-state index in [4.69, 9.17) is 4.74 Å². The van der Waals surface area contributed by atoms with Gasteiger partial charge in [0.2, 0.25) is 0 Å². The first-order valence-corrected chi connectivity index (χ1v) is 9.43. The van der Waals surface area contributed by atoms with Crippen LogP contribution in [0, 0.1) is 0 Å². The van der Waals surface area contributed by atoms with Crippen LogP contribution in [0.2, 0.25) is 0 Å². The highest BCUT2D eigenvalue weighted by Crippen LogP contribution is 2.24. The van der Waals surface area contributed by atoms with Crippen molar-refractivity contribution in [3.8, 4) is 5.75 Å². The van der Waals surface area contributed by atoms with Gasteiger partial charge in [0.25, 0.3) is 0 Å². The van der Waals surface area contributed by atoms with Crippen molar-refractivity contribution in [1.82, 2.24) is 9.88 Å². The first-order chi connectivity index (χ1) is 13.1. The maximum Gasteiger partial charge on any atom is 0.339 e. The molecule has 3 rings (SSSR count). The first-order valence-electron chi connectivity index (χ1n) is 9.43. The third-order valence-corrected chi connectivity index (χ3v) is 4.95. The third-order valence-electron chi connectivity index (χ3n) is 4.95. The molecule has 2 heterocycles. The number of carbonyl (C=O) groups is 1. The zero-order valence-corrected chi connectivity index (χ0v) is 16.0. The van der Waals surface area contributed by atoms with Gasteiger partial charge in [-0.2, -0.15) is 0 Å². The second kappa shape index (κ2) is 8.86. The largest absolute Gasteiger partial charge is 0.494 e. The van der Waals surface area contributed by atoms with E-state index in [2.05, 4.69) is 28.9 Å². The number of pyridine rings is 1. The fourth-order valence-electron chi connectivity index (χ4n) is 3.46. The number of likely N-dealkylation sites (N-methyl/N-ethyl adjacent to an activating group) is 1. The van der Waals surface area contributed by atoms with Gasteiger partial charge in [0.15, 0.2) is 0 Å². The molecule has 0 radical (unpaired) electrons. The highest BCUT2D eigenvalue weighted by Gasteiger charge is 2.28. The fourth-order valence-corrected chi connectivity index (χ4v) is 3.46. The van der Waals surface area contributed by atoms with Gasteiger partial charge in [0.05, 0.1) is 6.61 Å². The molecule has 0 saturated carbocycles. The number of aromatic nitrogens is 1. The van der Waals surface area contributed by atoms with Crippen LogP contribution < -0.4 is 9.64 Å². The molecule has 27 heavy (non-hydrogen) atoms. The van der Waals surface area contributed by atoms with Crippen LogP contribution in [0.25, 0.3) is 0 Å². The lowest BCUT2D eigenvalue weighted by molar-refractivity contribution is 0.0697. The number of hydrogen-bond donors (Lipinski definition) is 1. The maximum atomic E-state index is 11.5. The van der Waals surface area contributed by atoms with Gasteiger partial charge in [-0.15, -0.1) is 0 Å². The quantitative estimate of drug-likeness (QED) is 0.770. The first kappa shape index (κ1) is 19.2. The summed E-state index contributed by atoms with van der Waals surface area (Å²) in [4.78, 5) is 20.2. The van der Waals surface area contributed by atoms with E-state index >= 15 is 0 Å². The standard InChI is InChI=1S/C21H27N3O3/c1-3-13-27-18-8-6-16(7-9-18)14-24-12-10-17(15-24)23(2)20-19(21(25)26)5-4-11-22-20/h4-9,11,17H,3,10,12-15H2,1-2H3,(H,25,26)/t17-/m1/s1. The summed E-state index contributed by atoms with van der Waals surface area (Å²) in [5, 5.41) is 9.39. The van der Waals surface area contributed by atoms with Crippen LogP contribution in [0.3, 0.4) is 0 Å². The van der Waals surface area contributed by atoms with Crippen LogP contribution >= 0.6 is 0 Å². The van der Waals surface area contributed by atoms with Gasteiger partial charge in [-0.3, -0.25) is 4.90 Å². The fraction of sp³-hybridized carbons (Fsp3) is 0.429. The highest BCUT2D eigenvalue weighted by molar-refractivity contribution is 5.93. The number of anilines is 1. The van der Waals surface area contributed by atoms with Gasteiger partial charge in [0.1, 0.15) is 17.1 Å². The Morgan fingerprint density at radius 3 is 2.81 bits per heavy atom. The Hall–Kier alpha value is -2.60. The molecule has 1 aromatic heterocycles. The summed E-state index contributed by atoms with van der Waals surface area (Å²) < 4.78 is 5.63. The van der Waals surface area contributed by atoms with Gasteiger partial charge in [-0.1, -0.05) is 19.1 Å². The molecule has 1 atom stereocenters. The minimum absolute atomic E-state index is 0.251. The molecule has 2 aromatic rings. The number of hydrogen-bond acceptors (Lipinski definition) is 5. The van der Waals surface area contributed by atoms with Crippen molar-refractivity contribution in [2.24, 2.45) is 0 Å². The molecular formula is C21H27N3O3. The van der Waals surface area contributed by atoms with E-state index in [0.29, 0.717) is 5.82 Å². The predicted octanol–water partition coefficient (Wildman–Crippen LogP) is 3.28. The molecule has 0 amide bonds. The van der Waals surface area contributed by atoms with Crippen molar-refractivity contribution in [3.05, 3.63) is 53.7 Å². The molecule has 1 aliphatic heterocycles. The van der Waals surface area contributed by atoms with Crippen LogP contribution in [0.15, 0.2) is 42.6 Å². The van der Waals surface area contributed by atoms with Crippen LogP contribution in [-0.2, 0) is 6.54 Å². The van der Waals surface area contributed by atoms with E-state index in [-0.39, 0.29) is 11.6 Å². The second-order valence-electron chi connectivity index (χ2n) is 6.96. The summed E-state index contributed by atoms with van der Waals surface area (Å²) in [6.45, 7) is 5.59.